The molecular weight excluding hydrogens is 653 g/mol. The Labute approximate surface area is 301 Å². The van der Waals surface area contributed by atoms with Gasteiger partial charge in [0.25, 0.3) is 5.95 Å². The van der Waals surface area contributed by atoms with E-state index in [2.05, 4.69) is 71.9 Å². The standard InChI is InChI=1S/C38H36N14/c1-50(23-28-10-5-3-6-11-28)25-33-43-35(41)47-38(46-33)52(32-18-16-27(21-39)17-19-32)49-37-45-34(26-51(2)24-29-12-7-4-8-13-29)44-36(48-37)42-31-15-9-14-30(20-31)22-40/h3-20H,23-26H2,1-2H3,(H2,41,43,46,47)(H2,42,44,45,48,49). The van der Waals surface area contributed by atoms with E-state index in [1.807, 2.05) is 56.6 Å². The molecule has 0 aliphatic carbocycles. The summed E-state index contributed by atoms with van der Waals surface area (Å²) in [6.07, 6.45) is 0. The summed E-state index contributed by atoms with van der Waals surface area (Å²) in [6.45, 7) is 2.14. The Morgan fingerprint density at radius 2 is 1.19 bits per heavy atom. The van der Waals surface area contributed by atoms with E-state index in [0.29, 0.717) is 60.3 Å². The molecule has 258 valence electrons. The highest BCUT2D eigenvalue weighted by Gasteiger charge is 2.20. The van der Waals surface area contributed by atoms with Gasteiger partial charge in [0.2, 0.25) is 17.8 Å². The fraction of sp³-hybridized carbons (Fsp3) is 0.158. The number of hydrogen-bond donors (Lipinski definition) is 3. The monoisotopic (exact) mass is 688 g/mol. The quantitative estimate of drug-likeness (QED) is 0.121. The number of aromatic nitrogens is 6. The molecule has 0 fully saturated rings. The van der Waals surface area contributed by atoms with E-state index in [1.165, 1.54) is 0 Å². The molecule has 0 saturated carbocycles. The SMILES string of the molecule is CN(Cc1ccccc1)Cc1nc(Nc2cccc(C#N)c2)nc(NN(c2ccc(C#N)cc2)c2nc(N)nc(CN(C)Cc3ccccc3)n2)n1. The summed E-state index contributed by atoms with van der Waals surface area (Å²) in [5, 5.41) is 23.7. The first-order chi connectivity index (χ1) is 25.3. The summed E-state index contributed by atoms with van der Waals surface area (Å²) < 4.78 is 0. The lowest BCUT2D eigenvalue weighted by Gasteiger charge is -2.25. The smallest absolute Gasteiger partial charge is 0.254 e. The topological polar surface area (TPSA) is 185 Å². The lowest BCUT2D eigenvalue weighted by Crippen LogP contribution is -2.30. The van der Waals surface area contributed by atoms with Gasteiger partial charge in [0, 0.05) is 18.8 Å². The third-order valence-electron chi connectivity index (χ3n) is 7.70. The zero-order chi connectivity index (χ0) is 36.3. The summed E-state index contributed by atoms with van der Waals surface area (Å²) in [7, 11) is 3.96. The van der Waals surface area contributed by atoms with Crippen molar-refractivity contribution in [2.45, 2.75) is 26.2 Å². The lowest BCUT2D eigenvalue weighted by molar-refractivity contribution is 0.310. The van der Waals surface area contributed by atoms with Crippen LogP contribution >= 0.6 is 0 Å². The maximum absolute atomic E-state index is 9.47. The molecule has 0 aliphatic rings. The van der Waals surface area contributed by atoms with Gasteiger partial charge in [-0.2, -0.15) is 40.4 Å². The number of rotatable bonds is 14. The summed E-state index contributed by atoms with van der Waals surface area (Å²) in [5.41, 5.74) is 14.0. The van der Waals surface area contributed by atoms with Gasteiger partial charge in [0.05, 0.1) is 42.0 Å². The van der Waals surface area contributed by atoms with Crippen LogP contribution in [0.5, 0.6) is 0 Å². The van der Waals surface area contributed by atoms with E-state index in [4.69, 9.17) is 20.7 Å². The molecule has 0 radical (unpaired) electrons. The number of nitriles is 2. The fourth-order valence-electron chi connectivity index (χ4n) is 5.39. The average molecular weight is 689 g/mol. The molecule has 2 heterocycles. The highest BCUT2D eigenvalue weighted by Crippen LogP contribution is 2.25. The number of nitrogens with zero attached hydrogens (tertiary/aromatic N) is 11. The van der Waals surface area contributed by atoms with E-state index < -0.39 is 0 Å². The second kappa shape index (κ2) is 16.6. The van der Waals surface area contributed by atoms with E-state index >= 15 is 0 Å². The molecule has 4 aromatic carbocycles. The largest absolute Gasteiger partial charge is 0.368 e. The van der Waals surface area contributed by atoms with Crippen molar-refractivity contribution < 1.29 is 0 Å². The normalized spacial score (nSPS) is 10.8. The van der Waals surface area contributed by atoms with Gasteiger partial charge < -0.3 is 11.1 Å². The van der Waals surface area contributed by atoms with Crippen molar-refractivity contribution >= 4 is 35.2 Å². The number of hydrogen-bond acceptors (Lipinski definition) is 14. The minimum absolute atomic E-state index is 0.0344. The van der Waals surface area contributed by atoms with Crippen LogP contribution in [0.3, 0.4) is 0 Å². The van der Waals surface area contributed by atoms with Crippen molar-refractivity contribution in [3.05, 3.63) is 143 Å². The number of nitrogens with two attached hydrogens (primary N) is 1. The van der Waals surface area contributed by atoms with Crippen LogP contribution in [0.2, 0.25) is 0 Å². The highest BCUT2D eigenvalue weighted by atomic mass is 15.6. The second-order valence-electron chi connectivity index (χ2n) is 12.0. The molecule has 6 aromatic rings. The van der Waals surface area contributed by atoms with Gasteiger partial charge in [0.1, 0.15) is 11.6 Å². The molecule has 4 N–H and O–H groups in total. The zero-order valence-corrected chi connectivity index (χ0v) is 28.7. The van der Waals surface area contributed by atoms with Gasteiger partial charge in [-0.25, -0.2) is 5.01 Å². The van der Waals surface area contributed by atoms with E-state index in [1.54, 1.807) is 47.5 Å². The van der Waals surface area contributed by atoms with Crippen molar-refractivity contribution in [1.29, 1.82) is 10.5 Å². The number of benzene rings is 4. The van der Waals surface area contributed by atoms with Crippen LogP contribution in [0.4, 0.5) is 35.2 Å². The molecule has 52 heavy (non-hydrogen) atoms. The van der Waals surface area contributed by atoms with E-state index in [9.17, 15) is 10.5 Å². The van der Waals surface area contributed by atoms with Gasteiger partial charge in [-0.05, 0) is 67.7 Å². The molecule has 14 heteroatoms. The molecule has 0 aliphatic heterocycles. The number of hydrazine groups is 1. The van der Waals surface area contributed by atoms with Crippen molar-refractivity contribution in [3.8, 4) is 12.1 Å². The van der Waals surface area contributed by atoms with Crippen molar-refractivity contribution in [3.63, 3.8) is 0 Å². The van der Waals surface area contributed by atoms with Crippen molar-refractivity contribution in [1.82, 2.24) is 39.7 Å². The molecule has 0 saturated heterocycles. The maximum atomic E-state index is 9.47. The van der Waals surface area contributed by atoms with Gasteiger partial charge in [-0.15, -0.1) is 0 Å². The molecule has 14 nitrogen and oxygen atoms in total. The van der Waals surface area contributed by atoms with Gasteiger partial charge in [-0.3, -0.25) is 15.2 Å². The molecule has 0 unspecified atom stereocenters. The molecular formula is C38H36N14. The Hall–Kier alpha value is -7.00. The molecule has 0 amide bonds. The summed E-state index contributed by atoms with van der Waals surface area (Å²) in [5.74, 6) is 1.61. The van der Waals surface area contributed by atoms with Crippen molar-refractivity contribution in [2.24, 2.45) is 0 Å². The predicted molar refractivity (Wildman–Crippen MR) is 199 cm³/mol. The first-order valence-electron chi connectivity index (χ1n) is 16.4. The predicted octanol–water partition coefficient (Wildman–Crippen LogP) is 5.55. The Bertz CT molecular complexity index is 2180. The first kappa shape index (κ1) is 34.8. The number of anilines is 6. The second-order valence-corrected chi connectivity index (χ2v) is 12.0. The van der Waals surface area contributed by atoms with Crippen LogP contribution in [0.1, 0.15) is 33.9 Å². The van der Waals surface area contributed by atoms with E-state index in [0.717, 1.165) is 11.1 Å². The van der Waals surface area contributed by atoms with Crippen molar-refractivity contribution in [2.75, 3.05) is 35.6 Å². The Balaban J connectivity index is 1.34. The lowest BCUT2D eigenvalue weighted by atomic mass is 10.2. The molecule has 2 aromatic heterocycles. The van der Waals surface area contributed by atoms with Crippen LogP contribution in [-0.2, 0) is 26.2 Å². The van der Waals surface area contributed by atoms with Gasteiger partial charge >= 0.3 is 0 Å². The Morgan fingerprint density at radius 3 is 1.81 bits per heavy atom. The third kappa shape index (κ3) is 9.58. The minimum atomic E-state index is 0.0344. The zero-order valence-electron chi connectivity index (χ0n) is 28.7. The summed E-state index contributed by atoms with van der Waals surface area (Å²) in [6, 6.07) is 38.5. The Morgan fingerprint density at radius 1 is 0.596 bits per heavy atom. The van der Waals surface area contributed by atoms with Crippen LogP contribution in [0, 0.1) is 22.7 Å². The Kier molecular flexibility index (Phi) is 11.1. The van der Waals surface area contributed by atoms with Crippen LogP contribution in [0.15, 0.2) is 109 Å². The maximum Gasteiger partial charge on any atom is 0.254 e. The fourth-order valence-corrected chi connectivity index (χ4v) is 5.39. The highest BCUT2D eigenvalue weighted by molar-refractivity contribution is 5.64. The van der Waals surface area contributed by atoms with Gasteiger partial charge in [-0.1, -0.05) is 66.7 Å². The minimum Gasteiger partial charge on any atom is -0.368 e. The average Bonchev–Trinajstić information content (AvgIpc) is 3.14. The van der Waals surface area contributed by atoms with Gasteiger partial charge in [0.15, 0.2) is 0 Å². The number of nitrogen functional groups attached to an aromatic ring is 1. The van der Waals surface area contributed by atoms with Crippen LogP contribution in [0.25, 0.3) is 0 Å². The first-order valence-corrected chi connectivity index (χ1v) is 16.4. The third-order valence-corrected chi connectivity index (χ3v) is 7.70. The molecule has 6 rings (SSSR count). The molecule has 0 bridgehead atoms. The molecule has 0 spiro atoms. The number of nitrogens with one attached hydrogen (secondary N) is 2. The summed E-state index contributed by atoms with van der Waals surface area (Å²) >= 11 is 0. The van der Waals surface area contributed by atoms with Crippen LogP contribution in [-0.4, -0.2) is 53.8 Å². The molecule has 0 atom stereocenters. The van der Waals surface area contributed by atoms with Crippen LogP contribution < -0.4 is 21.5 Å². The summed E-state index contributed by atoms with van der Waals surface area (Å²) in [4.78, 5) is 32.0. The van der Waals surface area contributed by atoms with E-state index in [-0.39, 0.29) is 23.8 Å².